The minimum Gasteiger partial charge on any atom is -0.322 e. The number of rotatable bonds is 1. The summed E-state index contributed by atoms with van der Waals surface area (Å²) in [5, 5.41) is 0. The molecule has 5 heteroatoms. The number of para-hydroxylation sites is 1. The van der Waals surface area contributed by atoms with Crippen LogP contribution in [0.25, 0.3) is 6.08 Å². The van der Waals surface area contributed by atoms with Crippen LogP contribution in [-0.2, 0) is 6.18 Å². The lowest BCUT2D eigenvalue weighted by Crippen LogP contribution is -2.24. The summed E-state index contributed by atoms with van der Waals surface area (Å²) < 4.78 is 37.8. The van der Waals surface area contributed by atoms with Crippen molar-refractivity contribution in [2.45, 2.75) is 13.1 Å². The smallest absolute Gasteiger partial charge is 0.322 e. The van der Waals surface area contributed by atoms with E-state index in [0.29, 0.717) is 12.4 Å². The van der Waals surface area contributed by atoms with Crippen LogP contribution in [0.3, 0.4) is 0 Å². The van der Waals surface area contributed by atoms with Crippen molar-refractivity contribution in [1.29, 1.82) is 0 Å². The van der Waals surface area contributed by atoms with Gasteiger partial charge >= 0.3 is 6.18 Å². The second kappa shape index (κ2) is 4.91. The van der Waals surface area contributed by atoms with Gasteiger partial charge in [-0.05, 0) is 30.7 Å². The number of benzene rings is 1. The van der Waals surface area contributed by atoms with Crippen LogP contribution in [-0.4, -0.2) is 11.5 Å². The maximum absolute atomic E-state index is 12.6. The van der Waals surface area contributed by atoms with Crippen LogP contribution in [0.1, 0.15) is 18.1 Å². The van der Waals surface area contributed by atoms with Crippen LogP contribution in [0.5, 0.6) is 0 Å². The van der Waals surface area contributed by atoms with E-state index in [2.05, 4.69) is 11.1 Å². The van der Waals surface area contributed by atoms with E-state index in [1.165, 1.54) is 6.07 Å². The van der Waals surface area contributed by atoms with Crippen molar-refractivity contribution in [3.63, 3.8) is 0 Å². The lowest BCUT2D eigenvalue weighted by atomic mass is 10.0. The lowest BCUT2D eigenvalue weighted by Gasteiger charge is -2.29. The molecule has 1 aromatic heterocycles. The Labute approximate surface area is 120 Å². The Morgan fingerprint density at radius 3 is 2.52 bits per heavy atom. The summed E-state index contributed by atoms with van der Waals surface area (Å²) in [6.45, 7) is 2.61. The third kappa shape index (κ3) is 2.63. The largest absolute Gasteiger partial charge is 0.417 e. The first kappa shape index (κ1) is 13.7. The summed E-state index contributed by atoms with van der Waals surface area (Å²) in [5.74, 6) is 0.517. The third-order valence-corrected chi connectivity index (χ3v) is 3.39. The zero-order valence-electron chi connectivity index (χ0n) is 11.4. The standard InChI is InChI=1S/C16H13F3N2/c1-11-8-12-4-2-3-5-14(12)21(10-11)15-7-6-13(9-20-15)16(17,18)19/h2-9H,10H2,1H3. The van der Waals surface area contributed by atoms with Crippen LogP contribution in [0.4, 0.5) is 24.7 Å². The van der Waals surface area contributed by atoms with Crippen LogP contribution < -0.4 is 4.90 Å². The van der Waals surface area contributed by atoms with Crippen molar-refractivity contribution in [2.24, 2.45) is 0 Å². The molecule has 1 aliphatic heterocycles. The quantitative estimate of drug-likeness (QED) is 0.759. The highest BCUT2D eigenvalue weighted by atomic mass is 19.4. The van der Waals surface area contributed by atoms with Gasteiger partial charge in [-0.25, -0.2) is 4.98 Å². The molecule has 0 saturated carbocycles. The zero-order chi connectivity index (χ0) is 15.0. The Hall–Kier alpha value is -2.30. The SMILES string of the molecule is CC1=Cc2ccccc2N(c2ccc(C(F)(F)F)cn2)C1. The normalized spacial score (nSPS) is 14.7. The predicted molar refractivity (Wildman–Crippen MR) is 76.3 cm³/mol. The molecule has 0 fully saturated rings. The molecule has 1 aliphatic rings. The van der Waals surface area contributed by atoms with Gasteiger partial charge in [0.2, 0.25) is 0 Å². The monoisotopic (exact) mass is 290 g/mol. The molecular formula is C16H13F3N2. The van der Waals surface area contributed by atoms with E-state index in [1.54, 1.807) is 0 Å². The molecule has 108 valence electrons. The molecule has 1 aromatic carbocycles. The molecule has 3 rings (SSSR count). The Bertz CT molecular complexity index is 687. The molecule has 2 aromatic rings. The molecular weight excluding hydrogens is 277 g/mol. The molecule has 0 amide bonds. The highest BCUT2D eigenvalue weighted by molar-refractivity contribution is 5.77. The van der Waals surface area contributed by atoms with Gasteiger partial charge in [-0.3, -0.25) is 0 Å². The lowest BCUT2D eigenvalue weighted by molar-refractivity contribution is -0.137. The zero-order valence-corrected chi connectivity index (χ0v) is 11.4. The molecule has 2 nitrogen and oxygen atoms in total. The molecule has 0 saturated heterocycles. The number of pyridine rings is 1. The van der Waals surface area contributed by atoms with Gasteiger partial charge in [0.1, 0.15) is 5.82 Å². The summed E-state index contributed by atoms with van der Waals surface area (Å²) in [7, 11) is 0. The van der Waals surface area contributed by atoms with Crippen LogP contribution in [0.2, 0.25) is 0 Å². The second-order valence-electron chi connectivity index (χ2n) is 5.04. The number of anilines is 2. The topological polar surface area (TPSA) is 16.1 Å². The van der Waals surface area contributed by atoms with Crippen molar-refractivity contribution < 1.29 is 13.2 Å². The molecule has 0 aliphatic carbocycles. The van der Waals surface area contributed by atoms with E-state index in [0.717, 1.165) is 29.1 Å². The number of fused-ring (bicyclic) bond motifs is 1. The summed E-state index contributed by atoms with van der Waals surface area (Å²) in [5.41, 5.74) is 2.40. The molecule has 0 N–H and O–H groups in total. The van der Waals surface area contributed by atoms with Gasteiger partial charge < -0.3 is 4.90 Å². The first-order chi connectivity index (χ1) is 9.95. The molecule has 0 spiro atoms. The number of nitrogens with zero attached hydrogens (tertiary/aromatic N) is 2. The number of halogens is 3. The Morgan fingerprint density at radius 2 is 1.86 bits per heavy atom. The van der Waals surface area contributed by atoms with E-state index < -0.39 is 11.7 Å². The summed E-state index contributed by atoms with van der Waals surface area (Å²) in [6.07, 6.45) is -1.40. The number of hydrogen-bond acceptors (Lipinski definition) is 2. The summed E-state index contributed by atoms with van der Waals surface area (Å²) in [4.78, 5) is 5.90. The van der Waals surface area contributed by atoms with Gasteiger partial charge in [0.05, 0.1) is 5.56 Å². The maximum atomic E-state index is 12.6. The summed E-state index contributed by atoms with van der Waals surface area (Å²) in [6, 6.07) is 10.3. The Kier molecular flexibility index (Phi) is 3.20. The van der Waals surface area contributed by atoms with Gasteiger partial charge in [-0.15, -0.1) is 0 Å². The van der Waals surface area contributed by atoms with Gasteiger partial charge in [0.25, 0.3) is 0 Å². The van der Waals surface area contributed by atoms with Crippen molar-refractivity contribution in [3.05, 3.63) is 59.3 Å². The minimum atomic E-state index is -4.36. The van der Waals surface area contributed by atoms with Crippen LogP contribution in [0, 0.1) is 0 Å². The van der Waals surface area contributed by atoms with Gasteiger partial charge in [0.15, 0.2) is 0 Å². The van der Waals surface area contributed by atoms with Crippen LogP contribution >= 0.6 is 0 Å². The fraction of sp³-hybridized carbons (Fsp3) is 0.188. The molecule has 2 heterocycles. The predicted octanol–water partition coefficient (Wildman–Crippen LogP) is 4.66. The van der Waals surface area contributed by atoms with E-state index in [1.807, 2.05) is 36.1 Å². The number of alkyl halides is 3. The number of aromatic nitrogens is 1. The van der Waals surface area contributed by atoms with Crippen LogP contribution in [0.15, 0.2) is 48.2 Å². The van der Waals surface area contributed by atoms with E-state index in [4.69, 9.17) is 0 Å². The second-order valence-corrected chi connectivity index (χ2v) is 5.04. The Balaban J connectivity index is 2.00. The average molecular weight is 290 g/mol. The van der Waals surface area contributed by atoms with Crippen molar-refractivity contribution >= 4 is 17.6 Å². The van der Waals surface area contributed by atoms with E-state index in [-0.39, 0.29) is 0 Å². The highest BCUT2D eigenvalue weighted by Gasteiger charge is 2.31. The molecule has 21 heavy (non-hydrogen) atoms. The van der Waals surface area contributed by atoms with Gasteiger partial charge in [0, 0.05) is 18.4 Å². The van der Waals surface area contributed by atoms with Crippen molar-refractivity contribution in [3.8, 4) is 0 Å². The fourth-order valence-corrected chi connectivity index (χ4v) is 2.42. The van der Waals surface area contributed by atoms with Crippen molar-refractivity contribution in [2.75, 3.05) is 11.4 Å². The molecule has 0 bridgehead atoms. The third-order valence-electron chi connectivity index (χ3n) is 3.39. The van der Waals surface area contributed by atoms with Crippen molar-refractivity contribution in [1.82, 2.24) is 4.98 Å². The number of hydrogen-bond donors (Lipinski definition) is 0. The maximum Gasteiger partial charge on any atom is 0.417 e. The first-order valence-corrected chi connectivity index (χ1v) is 6.52. The molecule has 0 unspecified atom stereocenters. The fourth-order valence-electron chi connectivity index (χ4n) is 2.42. The van der Waals surface area contributed by atoms with Gasteiger partial charge in [-0.1, -0.05) is 29.8 Å². The van der Waals surface area contributed by atoms with E-state index >= 15 is 0 Å². The highest BCUT2D eigenvalue weighted by Crippen LogP contribution is 2.35. The first-order valence-electron chi connectivity index (χ1n) is 6.52. The molecule has 0 atom stereocenters. The average Bonchev–Trinajstić information content (AvgIpc) is 2.45. The Morgan fingerprint density at radius 1 is 1.10 bits per heavy atom. The minimum absolute atomic E-state index is 0.517. The summed E-state index contributed by atoms with van der Waals surface area (Å²) >= 11 is 0. The van der Waals surface area contributed by atoms with Gasteiger partial charge in [-0.2, -0.15) is 13.2 Å². The molecule has 0 radical (unpaired) electrons. The van der Waals surface area contributed by atoms with E-state index in [9.17, 15) is 13.2 Å².